The lowest BCUT2D eigenvalue weighted by Gasteiger charge is -2.09. The maximum atomic E-state index is 4.26. The van der Waals surface area contributed by atoms with E-state index in [0.717, 1.165) is 6.42 Å². The minimum Gasteiger partial charge on any atom is -0.264 e. The molecule has 0 aliphatic heterocycles. The first-order valence-electron chi connectivity index (χ1n) is 6.31. The quantitative estimate of drug-likeness (QED) is 0.751. The molecule has 1 aromatic carbocycles. The topological polar surface area (TPSA) is 12.9 Å². The summed E-state index contributed by atoms with van der Waals surface area (Å²) in [6.07, 6.45) is 7.49. The monoisotopic (exact) mass is 225 g/mol. The maximum absolute atomic E-state index is 4.26. The first kappa shape index (κ1) is 11.8. The molecule has 2 aromatic rings. The van der Waals surface area contributed by atoms with Crippen LogP contribution in [0.15, 0.2) is 42.7 Å². The summed E-state index contributed by atoms with van der Waals surface area (Å²) in [5.41, 5.74) is 5.27. The summed E-state index contributed by atoms with van der Waals surface area (Å²) in [5.74, 6) is 0. The molecular formula is C16H19N. The van der Waals surface area contributed by atoms with E-state index in [1.165, 1.54) is 35.1 Å². The average molecular weight is 225 g/mol. The first-order valence-corrected chi connectivity index (χ1v) is 6.31. The van der Waals surface area contributed by atoms with Crippen LogP contribution in [0.1, 0.15) is 30.9 Å². The summed E-state index contributed by atoms with van der Waals surface area (Å²) >= 11 is 0. The van der Waals surface area contributed by atoms with E-state index in [1.807, 2.05) is 12.4 Å². The molecule has 88 valence electrons. The van der Waals surface area contributed by atoms with Crippen LogP contribution in [0.5, 0.6) is 0 Å². The van der Waals surface area contributed by atoms with Gasteiger partial charge in [-0.25, -0.2) is 0 Å². The normalized spacial score (nSPS) is 10.5. The molecule has 0 aliphatic rings. The van der Waals surface area contributed by atoms with E-state index in [9.17, 15) is 0 Å². The Morgan fingerprint density at radius 2 is 2.06 bits per heavy atom. The van der Waals surface area contributed by atoms with Crippen molar-refractivity contribution < 1.29 is 0 Å². The number of aryl methyl sites for hydroxylation is 2. The van der Waals surface area contributed by atoms with E-state index in [4.69, 9.17) is 0 Å². The minimum absolute atomic E-state index is 1.14. The van der Waals surface area contributed by atoms with Crippen LogP contribution < -0.4 is 0 Å². The zero-order valence-corrected chi connectivity index (χ0v) is 10.6. The largest absolute Gasteiger partial charge is 0.264 e. The van der Waals surface area contributed by atoms with Gasteiger partial charge in [0.1, 0.15) is 0 Å². The Balaban J connectivity index is 2.37. The number of aromatic nitrogens is 1. The molecule has 17 heavy (non-hydrogen) atoms. The minimum atomic E-state index is 1.14. The van der Waals surface area contributed by atoms with Crippen LogP contribution in [0, 0.1) is 6.92 Å². The van der Waals surface area contributed by atoms with Gasteiger partial charge in [-0.1, -0.05) is 43.2 Å². The molecule has 1 heterocycles. The van der Waals surface area contributed by atoms with Crippen LogP contribution in [0.25, 0.3) is 11.1 Å². The SMILES string of the molecule is CCCCc1ccncc1-c1cccc(C)c1. The van der Waals surface area contributed by atoms with E-state index in [1.54, 1.807) is 0 Å². The molecule has 0 N–H and O–H groups in total. The Labute approximate surface area is 104 Å². The zero-order valence-electron chi connectivity index (χ0n) is 10.6. The van der Waals surface area contributed by atoms with Crippen molar-refractivity contribution in [2.24, 2.45) is 0 Å². The number of hydrogen-bond acceptors (Lipinski definition) is 1. The molecule has 0 radical (unpaired) electrons. The summed E-state index contributed by atoms with van der Waals surface area (Å²) < 4.78 is 0. The Bertz CT molecular complexity index is 488. The van der Waals surface area contributed by atoms with Gasteiger partial charge < -0.3 is 0 Å². The molecule has 1 aromatic heterocycles. The summed E-state index contributed by atoms with van der Waals surface area (Å²) in [5, 5.41) is 0. The highest BCUT2D eigenvalue weighted by molar-refractivity contribution is 5.66. The van der Waals surface area contributed by atoms with E-state index in [-0.39, 0.29) is 0 Å². The van der Waals surface area contributed by atoms with Gasteiger partial charge in [0.2, 0.25) is 0 Å². The fourth-order valence-corrected chi connectivity index (χ4v) is 2.08. The average Bonchev–Trinajstić information content (AvgIpc) is 2.37. The molecule has 1 nitrogen and oxygen atoms in total. The van der Waals surface area contributed by atoms with Crippen LogP contribution >= 0.6 is 0 Å². The van der Waals surface area contributed by atoms with Gasteiger partial charge in [-0.2, -0.15) is 0 Å². The van der Waals surface area contributed by atoms with Gasteiger partial charge in [-0.15, -0.1) is 0 Å². The third kappa shape index (κ3) is 2.94. The van der Waals surface area contributed by atoms with Crippen LogP contribution in [0.2, 0.25) is 0 Å². The molecular weight excluding hydrogens is 206 g/mol. The molecule has 0 fully saturated rings. The highest BCUT2D eigenvalue weighted by atomic mass is 14.6. The van der Waals surface area contributed by atoms with Crippen molar-refractivity contribution in [1.82, 2.24) is 4.98 Å². The molecule has 1 heteroatoms. The summed E-state index contributed by atoms with van der Waals surface area (Å²) in [4.78, 5) is 4.26. The van der Waals surface area contributed by atoms with Crippen LogP contribution in [0.4, 0.5) is 0 Å². The lowest BCUT2D eigenvalue weighted by atomic mass is 9.97. The van der Waals surface area contributed by atoms with E-state index >= 15 is 0 Å². The first-order chi connectivity index (χ1) is 8.31. The van der Waals surface area contributed by atoms with Gasteiger partial charge in [-0.3, -0.25) is 4.98 Å². The van der Waals surface area contributed by atoms with Crippen LogP contribution in [0.3, 0.4) is 0 Å². The smallest absolute Gasteiger partial charge is 0.0349 e. The molecule has 0 saturated heterocycles. The molecule has 0 saturated carbocycles. The predicted octanol–water partition coefficient (Wildman–Crippen LogP) is 4.40. The molecule has 2 rings (SSSR count). The molecule has 0 spiro atoms. The molecule has 0 unspecified atom stereocenters. The van der Waals surface area contributed by atoms with Gasteiger partial charge in [0.25, 0.3) is 0 Å². The second-order valence-electron chi connectivity index (χ2n) is 4.51. The lowest BCUT2D eigenvalue weighted by Crippen LogP contribution is -1.91. The highest BCUT2D eigenvalue weighted by Crippen LogP contribution is 2.24. The number of benzene rings is 1. The van der Waals surface area contributed by atoms with Gasteiger partial charge >= 0.3 is 0 Å². The van der Waals surface area contributed by atoms with E-state index < -0.39 is 0 Å². The molecule has 0 amide bonds. The molecule has 0 aliphatic carbocycles. The number of nitrogens with zero attached hydrogens (tertiary/aromatic N) is 1. The number of pyridine rings is 1. The predicted molar refractivity (Wildman–Crippen MR) is 73.0 cm³/mol. The van der Waals surface area contributed by atoms with Crippen LogP contribution in [-0.4, -0.2) is 4.98 Å². The fraction of sp³-hybridized carbons (Fsp3) is 0.312. The Hall–Kier alpha value is -1.63. The Kier molecular flexibility index (Phi) is 3.92. The van der Waals surface area contributed by atoms with Crippen molar-refractivity contribution in [3.05, 3.63) is 53.9 Å². The van der Waals surface area contributed by atoms with Crippen molar-refractivity contribution in [2.75, 3.05) is 0 Å². The summed E-state index contributed by atoms with van der Waals surface area (Å²) in [7, 11) is 0. The van der Waals surface area contributed by atoms with E-state index in [0.29, 0.717) is 0 Å². The van der Waals surface area contributed by atoms with Crippen molar-refractivity contribution in [3.8, 4) is 11.1 Å². The standard InChI is InChI=1S/C16H19N/c1-3-4-7-14-9-10-17-12-16(14)15-8-5-6-13(2)11-15/h5-6,8-12H,3-4,7H2,1-2H3. The zero-order chi connectivity index (χ0) is 12.1. The van der Waals surface area contributed by atoms with Gasteiger partial charge in [0.15, 0.2) is 0 Å². The number of rotatable bonds is 4. The van der Waals surface area contributed by atoms with Gasteiger partial charge in [0.05, 0.1) is 0 Å². The Morgan fingerprint density at radius 1 is 1.18 bits per heavy atom. The Morgan fingerprint density at radius 3 is 2.82 bits per heavy atom. The molecule has 0 bridgehead atoms. The second kappa shape index (κ2) is 5.62. The van der Waals surface area contributed by atoms with Crippen LogP contribution in [-0.2, 0) is 6.42 Å². The van der Waals surface area contributed by atoms with Gasteiger partial charge in [-0.05, 0) is 37.0 Å². The molecule has 0 atom stereocenters. The third-order valence-electron chi connectivity index (χ3n) is 3.04. The van der Waals surface area contributed by atoms with Gasteiger partial charge in [0, 0.05) is 18.0 Å². The van der Waals surface area contributed by atoms with Crippen molar-refractivity contribution in [3.63, 3.8) is 0 Å². The van der Waals surface area contributed by atoms with Crippen molar-refractivity contribution in [2.45, 2.75) is 33.1 Å². The van der Waals surface area contributed by atoms with Crippen molar-refractivity contribution in [1.29, 1.82) is 0 Å². The fourth-order valence-electron chi connectivity index (χ4n) is 2.08. The highest BCUT2D eigenvalue weighted by Gasteiger charge is 2.04. The number of hydrogen-bond donors (Lipinski definition) is 0. The summed E-state index contributed by atoms with van der Waals surface area (Å²) in [6, 6.07) is 10.8. The summed E-state index contributed by atoms with van der Waals surface area (Å²) in [6.45, 7) is 4.36. The number of unbranched alkanes of at least 4 members (excludes halogenated alkanes) is 1. The third-order valence-corrected chi connectivity index (χ3v) is 3.04. The van der Waals surface area contributed by atoms with E-state index in [2.05, 4.69) is 49.2 Å². The van der Waals surface area contributed by atoms with Crippen molar-refractivity contribution >= 4 is 0 Å². The lowest BCUT2D eigenvalue weighted by molar-refractivity contribution is 0.795. The maximum Gasteiger partial charge on any atom is 0.0349 e. The second-order valence-corrected chi connectivity index (χ2v) is 4.51.